The molecule has 0 spiro atoms. The molecule has 2 heterocycles. The van der Waals surface area contributed by atoms with Crippen molar-refractivity contribution in [3.63, 3.8) is 0 Å². The number of hydrogen-bond acceptors (Lipinski definition) is 6. The molecular formula is C18H14ClN7O. The molecule has 2 aromatic heterocycles. The highest BCUT2D eigenvalue weighted by Crippen LogP contribution is 2.24. The zero-order valence-corrected chi connectivity index (χ0v) is 14.9. The number of aryl methyl sites for hydroxylation is 1. The normalized spacial score (nSPS) is 10.1. The monoisotopic (exact) mass is 379 g/mol. The molecule has 1 aromatic carbocycles. The molecule has 0 saturated heterocycles. The van der Waals surface area contributed by atoms with Crippen molar-refractivity contribution >= 4 is 40.8 Å². The number of nitrogens with zero attached hydrogens (tertiary/aromatic N) is 4. The van der Waals surface area contributed by atoms with Crippen molar-refractivity contribution in [1.29, 1.82) is 10.7 Å². The zero-order chi connectivity index (χ0) is 19.4. The van der Waals surface area contributed by atoms with Gasteiger partial charge in [0, 0.05) is 42.6 Å². The second-order valence-electron chi connectivity index (χ2n) is 5.60. The van der Waals surface area contributed by atoms with E-state index in [1.54, 1.807) is 42.3 Å². The van der Waals surface area contributed by atoms with Gasteiger partial charge < -0.3 is 16.0 Å². The lowest BCUT2D eigenvalue weighted by Gasteiger charge is -2.12. The fourth-order valence-electron chi connectivity index (χ4n) is 2.38. The molecule has 0 fully saturated rings. The van der Waals surface area contributed by atoms with Crippen LogP contribution in [0.5, 0.6) is 0 Å². The predicted octanol–water partition coefficient (Wildman–Crippen LogP) is 3.33. The summed E-state index contributed by atoms with van der Waals surface area (Å²) >= 11 is 5.97. The van der Waals surface area contributed by atoms with Gasteiger partial charge in [0.15, 0.2) is 0 Å². The maximum atomic E-state index is 12.5. The molecule has 0 aliphatic carbocycles. The third kappa shape index (κ3) is 4.11. The Morgan fingerprint density at radius 3 is 2.81 bits per heavy atom. The van der Waals surface area contributed by atoms with Crippen molar-refractivity contribution in [3.05, 3.63) is 64.7 Å². The van der Waals surface area contributed by atoms with Crippen LogP contribution in [0.1, 0.15) is 21.5 Å². The van der Waals surface area contributed by atoms with E-state index in [9.17, 15) is 4.79 Å². The largest absolute Gasteiger partial charge is 0.352 e. The molecule has 0 radical (unpaired) electrons. The number of anilines is 3. The first-order chi connectivity index (χ1) is 13.0. The number of nitrogens with one attached hydrogen (secondary N) is 3. The molecule has 0 aliphatic rings. The summed E-state index contributed by atoms with van der Waals surface area (Å²) in [4.78, 5) is 16.4. The second-order valence-corrected chi connectivity index (χ2v) is 5.96. The van der Waals surface area contributed by atoms with Crippen LogP contribution in [0.3, 0.4) is 0 Å². The summed E-state index contributed by atoms with van der Waals surface area (Å²) < 4.78 is 1.65. The van der Waals surface area contributed by atoms with Crippen LogP contribution in [-0.4, -0.2) is 26.9 Å². The summed E-state index contributed by atoms with van der Waals surface area (Å²) in [6, 6.07) is 8.37. The highest BCUT2D eigenvalue weighted by Gasteiger charge is 2.14. The molecular weight excluding hydrogens is 366 g/mol. The van der Waals surface area contributed by atoms with Gasteiger partial charge in [-0.15, -0.1) is 0 Å². The van der Waals surface area contributed by atoms with Gasteiger partial charge in [-0.3, -0.25) is 9.48 Å². The highest BCUT2D eigenvalue weighted by molar-refractivity contribution is 6.33. The van der Waals surface area contributed by atoms with E-state index in [0.717, 1.165) is 5.69 Å². The van der Waals surface area contributed by atoms with E-state index in [4.69, 9.17) is 22.3 Å². The van der Waals surface area contributed by atoms with Crippen molar-refractivity contribution in [2.24, 2.45) is 7.05 Å². The highest BCUT2D eigenvalue weighted by atomic mass is 35.5. The Morgan fingerprint density at radius 2 is 2.15 bits per heavy atom. The quantitative estimate of drug-likeness (QED) is 0.464. The molecule has 27 heavy (non-hydrogen) atoms. The summed E-state index contributed by atoms with van der Waals surface area (Å²) in [6.07, 6.45) is 5.95. The van der Waals surface area contributed by atoms with Crippen molar-refractivity contribution in [1.82, 2.24) is 14.8 Å². The number of rotatable bonds is 5. The van der Waals surface area contributed by atoms with E-state index < -0.39 is 5.91 Å². The van der Waals surface area contributed by atoms with E-state index >= 15 is 0 Å². The van der Waals surface area contributed by atoms with Crippen molar-refractivity contribution in [2.75, 3.05) is 10.6 Å². The molecule has 3 aromatic rings. The number of benzene rings is 1. The van der Waals surface area contributed by atoms with Crippen molar-refractivity contribution < 1.29 is 4.79 Å². The number of nitriles is 1. The fraction of sp³-hybridized carbons (Fsp3) is 0.0556. The Morgan fingerprint density at radius 1 is 1.33 bits per heavy atom. The Balaban J connectivity index is 1.87. The van der Waals surface area contributed by atoms with Crippen LogP contribution < -0.4 is 10.6 Å². The molecule has 0 unspecified atom stereocenters. The summed E-state index contributed by atoms with van der Waals surface area (Å²) in [5.41, 5.74) is 2.86. The minimum absolute atomic E-state index is 0.0105. The van der Waals surface area contributed by atoms with Crippen LogP contribution in [-0.2, 0) is 7.05 Å². The molecule has 8 nitrogen and oxygen atoms in total. The first-order valence-corrected chi connectivity index (χ1v) is 8.15. The minimum atomic E-state index is -0.487. The number of carbonyl (C=O) groups excluding carboxylic acids is 1. The average Bonchev–Trinajstić information content (AvgIpc) is 3.07. The maximum Gasteiger partial charge on any atom is 0.258 e. The Bertz CT molecular complexity index is 1070. The van der Waals surface area contributed by atoms with Gasteiger partial charge in [0.2, 0.25) is 0 Å². The van der Waals surface area contributed by atoms with Gasteiger partial charge in [0.25, 0.3) is 5.91 Å². The van der Waals surface area contributed by atoms with E-state index in [0.29, 0.717) is 16.9 Å². The smallest absolute Gasteiger partial charge is 0.258 e. The van der Waals surface area contributed by atoms with Gasteiger partial charge in [-0.1, -0.05) is 11.6 Å². The number of carbonyl (C=O) groups is 1. The van der Waals surface area contributed by atoms with E-state index in [2.05, 4.69) is 20.7 Å². The van der Waals surface area contributed by atoms with E-state index in [1.807, 2.05) is 6.07 Å². The van der Waals surface area contributed by atoms with Crippen LogP contribution in [0.2, 0.25) is 5.15 Å². The molecule has 3 rings (SSSR count). The molecule has 134 valence electrons. The topological polar surface area (TPSA) is 119 Å². The van der Waals surface area contributed by atoms with Gasteiger partial charge in [-0.25, -0.2) is 4.98 Å². The first-order valence-electron chi connectivity index (χ1n) is 7.77. The van der Waals surface area contributed by atoms with Crippen LogP contribution in [0.25, 0.3) is 0 Å². The second kappa shape index (κ2) is 7.68. The number of aromatic nitrogens is 3. The Kier molecular flexibility index (Phi) is 5.15. The summed E-state index contributed by atoms with van der Waals surface area (Å²) in [7, 11) is 1.80. The number of amides is 1. The number of halogens is 1. The van der Waals surface area contributed by atoms with Crippen molar-refractivity contribution in [3.8, 4) is 6.07 Å². The Labute approximate surface area is 159 Å². The SMILES string of the molecule is Cn1cc(Nc2cc(NC(=O)c3cc(C#N)cnc3Cl)ccc2C=N)cn1. The number of pyridine rings is 1. The third-order valence-corrected chi connectivity index (χ3v) is 3.96. The molecule has 0 bridgehead atoms. The first kappa shape index (κ1) is 18.1. The number of hydrogen-bond donors (Lipinski definition) is 3. The lowest BCUT2D eigenvalue weighted by atomic mass is 10.1. The van der Waals surface area contributed by atoms with Crippen molar-refractivity contribution in [2.45, 2.75) is 0 Å². The van der Waals surface area contributed by atoms with E-state index in [-0.39, 0.29) is 16.3 Å². The minimum Gasteiger partial charge on any atom is -0.352 e. The Hall–Kier alpha value is -3.70. The summed E-state index contributed by atoms with van der Waals surface area (Å²) in [6.45, 7) is 0. The molecule has 0 atom stereocenters. The van der Waals surface area contributed by atoms with E-state index in [1.165, 1.54) is 18.5 Å². The van der Waals surface area contributed by atoms with Gasteiger partial charge in [0.1, 0.15) is 11.2 Å². The zero-order valence-electron chi connectivity index (χ0n) is 14.2. The molecule has 9 heteroatoms. The fourth-order valence-corrected chi connectivity index (χ4v) is 2.57. The maximum absolute atomic E-state index is 12.5. The summed E-state index contributed by atoms with van der Waals surface area (Å²) in [5.74, 6) is -0.487. The predicted molar refractivity (Wildman–Crippen MR) is 103 cm³/mol. The van der Waals surface area contributed by atoms with Gasteiger partial charge in [0.05, 0.1) is 23.0 Å². The van der Waals surface area contributed by atoms with Gasteiger partial charge in [-0.05, 0) is 24.3 Å². The standard InChI is InChI=1S/C18H14ClN7O/c1-26-10-14(9-23-26)24-16-5-13(3-2-12(16)7-21)25-18(27)15-4-11(6-20)8-22-17(15)19/h2-5,7-10,21,24H,1H3,(H,25,27). The molecule has 0 aliphatic heterocycles. The molecule has 0 saturated carbocycles. The lowest BCUT2D eigenvalue weighted by molar-refractivity contribution is 0.102. The van der Waals surface area contributed by atoms with Crippen LogP contribution in [0, 0.1) is 16.7 Å². The van der Waals surface area contributed by atoms with Gasteiger partial charge >= 0.3 is 0 Å². The summed E-state index contributed by atoms with van der Waals surface area (Å²) in [5, 5.41) is 26.5. The van der Waals surface area contributed by atoms with Crippen LogP contribution in [0.15, 0.2) is 42.9 Å². The van der Waals surface area contributed by atoms with Crippen LogP contribution >= 0.6 is 11.6 Å². The third-order valence-electron chi connectivity index (χ3n) is 3.66. The molecule has 3 N–H and O–H groups in total. The lowest BCUT2D eigenvalue weighted by Crippen LogP contribution is -2.13. The average molecular weight is 380 g/mol. The molecule has 1 amide bonds. The van der Waals surface area contributed by atoms with Crippen LogP contribution in [0.4, 0.5) is 17.1 Å². The van der Waals surface area contributed by atoms with Gasteiger partial charge in [-0.2, -0.15) is 10.4 Å².